The summed E-state index contributed by atoms with van der Waals surface area (Å²) in [7, 11) is -2.23. The predicted octanol–water partition coefficient (Wildman–Crippen LogP) is 3.21. The van der Waals surface area contributed by atoms with Crippen LogP contribution in [0.1, 0.15) is 25.8 Å². The Balaban J connectivity index is 1.87. The van der Waals surface area contributed by atoms with E-state index >= 15 is 0 Å². The molecule has 0 aromatic heterocycles. The van der Waals surface area contributed by atoms with Gasteiger partial charge in [0.2, 0.25) is 0 Å². The van der Waals surface area contributed by atoms with Crippen LogP contribution in [0.15, 0.2) is 59.5 Å². The van der Waals surface area contributed by atoms with Gasteiger partial charge in [0.15, 0.2) is 6.61 Å². The van der Waals surface area contributed by atoms with E-state index in [0.29, 0.717) is 29.5 Å². The molecule has 0 spiro atoms. The molecule has 0 aliphatic carbocycles. The molecule has 0 aliphatic heterocycles. The summed E-state index contributed by atoms with van der Waals surface area (Å²) in [5.74, 6) is 0.0722. The van der Waals surface area contributed by atoms with Gasteiger partial charge in [0, 0.05) is 18.3 Å². The van der Waals surface area contributed by atoms with Crippen LogP contribution in [0.5, 0.6) is 5.75 Å². The molecule has 2 aromatic carbocycles. The predicted molar refractivity (Wildman–Crippen MR) is 123 cm³/mol. The molecule has 0 atom stereocenters. The van der Waals surface area contributed by atoms with Gasteiger partial charge in [-0.05, 0) is 60.4 Å². The van der Waals surface area contributed by atoms with E-state index in [2.05, 4.69) is 23.9 Å². The number of sulfonamides is 1. The number of hydrogen-bond donors (Lipinski definition) is 2. The molecular formula is C23H28N2O6S. The minimum atomic E-state index is -3.76. The topological polar surface area (TPSA) is 111 Å². The summed E-state index contributed by atoms with van der Waals surface area (Å²) in [6, 6.07) is 12.5. The van der Waals surface area contributed by atoms with Crippen molar-refractivity contribution >= 4 is 33.7 Å². The highest BCUT2D eigenvalue weighted by atomic mass is 32.2. The Labute approximate surface area is 188 Å². The summed E-state index contributed by atoms with van der Waals surface area (Å²) in [6.07, 6.45) is 3.51. The zero-order valence-electron chi connectivity index (χ0n) is 18.3. The molecule has 0 bridgehead atoms. The molecule has 2 rings (SSSR count). The van der Waals surface area contributed by atoms with Crippen LogP contribution in [0.4, 0.5) is 5.69 Å². The van der Waals surface area contributed by atoms with Gasteiger partial charge in [-0.3, -0.25) is 9.52 Å². The number of rotatable bonds is 11. The second-order valence-corrected chi connectivity index (χ2v) is 9.06. The van der Waals surface area contributed by atoms with E-state index in [1.54, 1.807) is 36.4 Å². The van der Waals surface area contributed by atoms with E-state index in [-0.39, 0.29) is 17.4 Å². The van der Waals surface area contributed by atoms with Crippen LogP contribution in [-0.2, 0) is 24.3 Å². The Morgan fingerprint density at radius 2 is 1.69 bits per heavy atom. The van der Waals surface area contributed by atoms with Crippen molar-refractivity contribution in [1.29, 1.82) is 0 Å². The number of ether oxygens (including phenoxy) is 2. The minimum absolute atomic E-state index is 0.0751. The van der Waals surface area contributed by atoms with Gasteiger partial charge in [-0.25, -0.2) is 13.2 Å². The largest absolute Gasteiger partial charge is 0.497 e. The van der Waals surface area contributed by atoms with Crippen molar-refractivity contribution in [3.05, 3.63) is 60.2 Å². The first-order valence-electron chi connectivity index (χ1n) is 10.1. The van der Waals surface area contributed by atoms with Crippen molar-refractivity contribution in [2.45, 2.75) is 25.2 Å². The van der Waals surface area contributed by atoms with Crippen molar-refractivity contribution in [2.24, 2.45) is 5.92 Å². The first-order chi connectivity index (χ1) is 15.2. The molecule has 0 saturated heterocycles. The van der Waals surface area contributed by atoms with Crippen molar-refractivity contribution < 1.29 is 27.5 Å². The smallest absolute Gasteiger partial charge is 0.331 e. The molecule has 0 saturated carbocycles. The van der Waals surface area contributed by atoms with Crippen LogP contribution in [-0.4, -0.2) is 40.6 Å². The van der Waals surface area contributed by atoms with Crippen LogP contribution >= 0.6 is 0 Å². The lowest BCUT2D eigenvalue weighted by Gasteiger charge is -2.09. The van der Waals surface area contributed by atoms with Crippen molar-refractivity contribution in [3.8, 4) is 5.75 Å². The van der Waals surface area contributed by atoms with Gasteiger partial charge in [-0.1, -0.05) is 26.0 Å². The fourth-order valence-electron chi connectivity index (χ4n) is 2.53. The number of hydrogen-bond acceptors (Lipinski definition) is 6. The summed E-state index contributed by atoms with van der Waals surface area (Å²) in [4.78, 5) is 23.5. The molecule has 32 heavy (non-hydrogen) atoms. The van der Waals surface area contributed by atoms with E-state index < -0.39 is 16.0 Å². The van der Waals surface area contributed by atoms with Crippen molar-refractivity contribution in [1.82, 2.24) is 5.32 Å². The maximum absolute atomic E-state index is 12.5. The molecule has 172 valence electrons. The molecule has 2 aromatic rings. The van der Waals surface area contributed by atoms with Gasteiger partial charge in [0.25, 0.3) is 15.9 Å². The summed E-state index contributed by atoms with van der Waals surface area (Å²) in [5, 5.41) is 2.68. The van der Waals surface area contributed by atoms with Gasteiger partial charge < -0.3 is 14.8 Å². The summed E-state index contributed by atoms with van der Waals surface area (Å²) >= 11 is 0. The standard InChI is InChI=1S/C23H28N2O6S/c1-17(2)14-15-24-22(26)16-31-23(27)13-6-18-4-11-21(12-5-18)32(28,29)25-19-7-9-20(30-3)10-8-19/h4-13,17,25H,14-16H2,1-3H3,(H,24,26)/b13-6+. The van der Waals surface area contributed by atoms with Crippen LogP contribution in [0.25, 0.3) is 6.08 Å². The molecule has 0 aliphatic rings. The average molecular weight is 461 g/mol. The van der Waals surface area contributed by atoms with E-state index in [9.17, 15) is 18.0 Å². The quantitative estimate of drug-likeness (QED) is 0.394. The zero-order chi connectivity index (χ0) is 23.6. The third kappa shape index (κ3) is 8.43. The molecule has 0 heterocycles. The number of amides is 1. The van der Waals surface area contributed by atoms with Gasteiger partial charge in [0.1, 0.15) is 5.75 Å². The van der Waals surface area contributed by atoms with Gasteiger partial charge in [-0.2, -0.15) is 0 Å². The second kappa shape index (κ2) is 11.9. The van der Waals surface area contributed by atoms with E-state index in [1.807, 2.05) is 0 Å². The number of nitrogens with one attached hydrogen (secondary N) is 2. The maximum atomic E-state index is 12.5. The number of esters is 1. The summed E-state index contributed by atoms with van der Waals surface area (Å²) in [5.41, 5.74) is 1.01. The number of carbonyl (C=O) groups is 2. The van der Waals surface area contributed by atoms with Gasteiger partial charge in [-0.15, -0.1) is 0 Å². The Kier molecular flexibility index (Phi) is 9.27. The number of anilines is 1. The SMILES string of the molecule is COc1ccc(NS(=O)(=O)c2ccc(/C=C/C(=O)OCC(=O)NCCC(C)C)cc2)cc1. The van der Waals surface area contributed by atoms with Gasteiger partial charge >= 0.3 is 5.97 Å². The molecule has 1 amide bonds. The van der Waals surface area contributed by atoms with E-state index in [4.69, 9.17) is 9.47 Å². The molecular weight excluding hydrogens is 432 g/mol. The third-order valence-electron chi connectivity index (χ3n) is 4.33. The summed E-state index contributed by atoms with van der Waals surface area (Å²) < 4.78 is 37.5. The van der Waals surface area contributed by atoms with E-state index in [1.165, 1.54) is 31.4 Å². The third-order valence-corrected chi connectivity index (χ3v) is 5.73. The Morgan fingerprint density at radius 3 is 2.28 bits per heavy atom. The summed E-state index contributed by atoms with van der Waals surface area (Å²) in [6.45, 7) is 4.29. The van der Waals surface area contributed by atoms with Crippen LogP contribution in [0, 0.1) is 5.92 Å². The lowest BCUT2D eigenvalue weighted by molar-refractivity contribution is -0.143. The van der Waals surface area contributed by atoms with Crippen molar-refractivity contribution in [2.75, 3.05) is 25.0 Å². The first kappa shape index (κ1) is 24.9. The molecule has 0 unspecified atom stereocenters. The number of benzene rings is 2. The Hall–Kier alpha value is -3.33. The fourth-order valence-corrected chi connectivity index (χ4v) is 3.59. The number of carbonyl (C=O) groups excluding carboxylic acids is 2. The minimum Gasteiger partial charge on any atom is -0.497 e. The molecule has 2 N–H and O–H groups in total. The highest BCUT2D eigenvalue weighted by Crippen LogP contribution is 2.20. The monoisotopic (exact) mass is 460 g/mol. The van der Waals surface area contributed by atoms with Crippen molar-refractivity contribution in [3.63, 3.8) is 0 Å². The first-order valence-corrected chi connectivity index (χ1v) is 11.6. The Bertz CT molecular complexity index is 1030. The lowest BCUT2D eigenvalue weighted by atomic mass is 10.1. The average Bonchev–Trinajstić information content (AvgIpc) is 2.76. The molecule has 9 heteroatoms. The normalized spacial score (nSPS) is 11.4. The number of methoxy groups -OCH3 is 1. The molecule has 8 nitrogen and oxygen atoms in total. The molecule has 0 radical (unpaired) electrons. The molecule has 0 fully saturated rings. The van der Waals surface area contributed by atoms with Crippen LogP contribution < -0.4 is 14.8 Å². The zero-order valence-corrected chi connectivity index (χ0v) is 19.1. The lowest BCUT2D eigenvalue weighted by Crippen LogP contribution is -2.29. The van der Waals surface area contributed by atoms with Crippen LogP contribution in [0.3, 0.4) is 0 Å². The highest BCUT2D eigenvalue weighted by molar-refractivity contribution is 7.92. The fraction of sp³-hybridized carbons (Fsp3) is 0.304. The highest BCUT2D eigenvalue weighted by Gasteiger charge is 2.14. The van der Waals surface area contributed by atoms with E-state index in [0.717, 1.165) is 6.42 Å². The maximum Gasteiger partial charge on any atom is 0.331 e. The van der Waals surface area contributed by atoms with Gasteiger partial charge in [0.05, 0.1) is 12.0 Å². The Morgan fingerprint density at radius 1 is 1.03 bits per heavy atom. The van der Waals surface area contributed by atoms with Crippen LogP contribution in [0.2, 0.25) is 0 Å². The second-order valence-electron chi connectivity index (χ2n) is 7.38.